The molecule has 7 nitrogen and oxygen atoms in total. The van der Waals surface area contributed by atoms with Crippen LogP contribution in [-0.4, -0.2) is 60.3 Å². The molecule has 0 amide bonds. The fourth-order valence-electron chi connectivity index (χ4n) is 3.62. The van der Waals surface area contributed by atoms with E-state index in [-0.39, 0.29) is 24.2 Å². The molecule has 28 heavy (non-hydrogen) atoms. The highest BCUT2D eigenvalue weighted by Crippen LogP contribution is 2.36. The number of morpholine rings is 1. The maximum absolute atomic E-state index is 9.92. The molecule has 2 atom stereocenters. The second kappa shape index (κ2) is 8.51. The van der Waals surface area contributed by atoms with E-state index in [0.29, 0.717) is 24.7 Å². The Morgan fingerprint density at radius 3 is 2.57 bits per heavy atom. The fraction of sp³-hybridized carbons (Fsp3) is 0.571. The third-order valence-electron chi connectivity index (χ3n) is 5.16. The van der Waals surface area contributed by atoms with Crippen LogP contribution in [0.4, 0.5) is 0 Å². The summed E-state index contributed by atoms with van der Waals surface area (Å²) in [6, 6.07) is 7.88. The van der Waals surface area contributed by atoms with Crippen molar-refractivity contribution in [3.05, 3.63) is 41.2 Å². The first-order chi connectivity index (χ1) is 13.4. The first-order valence-corrected chi connectivity index (χ1v) is 9.60. The molecule has 7 heteroatoms. The van der Waals surface area contributed by atoms with Gasteiger partial charge in [0.1, 0.15) is 6.10 Å². The van der Waals surface area contributed by atoms with Gasteiger partial charge in [-0.25, -0.2) is 0 Å². The van der Waals surface area contributed by atoms with Crippen LogP contribution < -0.4 is 9.47 Å². The Morgan fingerprint density at radius 1 is 1.21 bits per heavy atom. The van der Waals surface area contributed by atoms with E-state index in [9.17, 15) is 5.11 Å². The Kier molecular flexibility index (Phi) is 6.27. The molecule has 1 aromatic heterocycles. The van der Waals surface area contributed by atoms with Crippen molar-refractivity contribution in [2.45, 2.75) is 44.9 Å². The molecule has 3 rings (SSSR count). The third kappa shape index (κ3) is 4.32. The molecule has 1 aliphatic heterocycles. The molecule has 154 valence electrons. The van der Waals surface area contributed by atoms with Crippen molar-refractivity contribution in [1.29, 1.82) is 0 Å². The van der Waals surface area contributed by atoms with Crippen LogP contribution in [0.15, 0.2) is 24.3 Å². The van der Waals surface area contributed by atoms with Crippen molar-refractivity contribution in [2.75, 3.05) is 34.0 Å². The number of aromatic nitrogens is 2. The minimum Gasteiger partial charge on any atom is -0.493 e. The van der Waals surface area contributed by atoms with Crippen molar-refractivity contribution in [3.63, 3.8) is 0 Å². The topological polar surface area (TPSA) is 79.8 Å². The summed E-state index contributed by atoms with van der Waals surface area (Å²) in [6.45, 7) is 8.43. The SMILES string of the molecule is COc1ccc([C@@H]2[C@@H](CO)OCCN2Cc2cc(C(C)(C)C)n[nH]2)cc1OC. The lowest BCUT2D eigenvalue weighted by Gasteiger charge is -2.40. The highest BCUT2D eigenvalue weighted by atomic mass is 16.5. The van der Waals surface area contributed by atoms with Gasteiger partial charge in [-0.3, -0.25) is 10.00 Å². The smallest absolute Gasteiger partial charge is 0.161 e. The molecule has 1 aromatic carbocycles. The van der Waals surface area contributed by atoms with Crippen LogP contribution in [0.25, 0.3) is 0 Å². The van der Waals surface area contributed by atoms with Crippen LogP contribution >= 0.6 is 0 Å². The molecule has 0 aliphatic carbocycles. The molecule has 0 bridgehead atoms. The molecule has 2 aromatic rings. The molecule has 0 radical (unpaired) electrons. The van der Waals surface area contributed by atoms with E-state index in [1.54, 1.807) is 14.2 Å². The van der Waals surface area contributed by atoms with Gasteiger partial charge in [0.25, 0.3) is 0 Å². The summed E-state index contributed by atoms with van der Waals surface area (Å²) in [6.07, 6.45) is -0.308. The van der Waals surface area contributed by atoms with Gasteiger partial charge in [-0.05, 0) is 23.8 Å². The van der Waals surface area contributed by atoms with E-state index in [1.165, 1.54) is 0 Å². The molecule has 1 aliphatic rings. The molecule has 0 spiro atoms. The van der Waals surface area contributed by atoms with Crippen molar-refractivity contribution >= 4 is 0 Å². The van der Waals surface area contributed by atoms with Gasteiger partial charge >= 0.3 is 0 Å². The molecule has 2 N–H and O–H groups in total. The van der Waals surface area contributed by atoms with Gasteiger partial charge in [-0.15, -0.1) is 0 Å². The second-order valence-corrected chi connectivity index (χ2v) is 8.15. The number of rotatable bonds is 6. The number of benzene rings is 1. The lowest BCUT2D eigenvalue weighted by atomic mass is 9.92. The standard InChI is InChI=1S/C21H31N3O4/c1-21(2,3)19-11-15(22-23-19)12-24-8-9-28-18(13-25)20(24)14-6-7-16(26-4)17(10-14)27-5/h6-7,10-11,18,20,25H,8-9,12-13H2,1-5H3,(H,22,23)/t18-,20-/m1/s1. The second-order valence-electron chi connectivity index (χ2n) is 8.15. The van der Waals surface area contributed by atoms with E-state index in [0.717, 1.165) is 23.5 Å². The highest BCUT2D eigenvalue weighted by molar-refractivity contribution is 5.44. The maximum Gasteiger partial charge on any atom is 0.161 e. The number of aliphatic hydroxyl groups excluding tert-OH is 1. The maximum atomic E-state index is 9.92. The molecule has 1 saturated heterocycles. The molecule has 0 unspecified atom stereocenters. The number of aromatic amines is 1. The van der Waals surface area contributed by atoms with Gasteiger partial charge < -0.3 is 19.3 Å². The number of hydrogen-bond donors (Lipinski definition) is 2. The first kappa shape index (κ1) is 20.6. The average molecular weight is 389 g/mol. The number of methoxy groups -OCH3 is 2. The molecular weight excluding hydrogens is 358 g/mol. The lowest BCUT2D eigenvalue weighted by molar-refractivity contribution is -0.0964. The predicted octanol–water partition coefficient (Wildman–Crippen LogP) is 2.66. The summed E-state index contributed by atoms with van der Waals surface area (Å²) in [7, 11) is 3.24. The van der Waals surface area contributed by atoms with E-state index in [4.69, 9.17) is 14.2 Å². The fourth-order valence-corrected chi connectivity index (χ4v) is 3.62. The van der Waals surface area contributed by atoms with Crippen molar-refractivity contribution in [3.8, 4) is 11.5 Å². The van der Waals surface area contributed by atoms with E-state index in [1.807, 2.05) is 18.2 Å². The molecule has 2 heterocycles. The van der Waals surface area contributed by atoms with Crippen LogP contribution in [0, 0.1) is 0 Å². The summed E-state index contributed by atoms with van der Waals surface area (Å²) in [4.78, 5) is 2.31. The van der Waals surface area contributed by atoms with Gasteiger partial charge in [0.05, 0.1) is 39.2 Å². The molecule has 0 saturated carbocycles. The largest absolute Gasteiger partial charge is 0.493 e. The normalized spacial score (nSPS) is 20.9. The summed E-state index contributed by atoms with van der Waals surface area (Å²) in [5.74, 6) is 1.34. The Hall–Kier alpha value is -2.09. The molecular formula is C21H31N3O4. The van der Waals surface area contributed by atoms with Gasteiger partial charge in [0, 0.05) is 24.2 Å². The zero-order valence-electron chi connectivity index (χ0n) is 17.4. The Balaban J connectivity index is 1.89. The number of ether oxygens (including phenoxy) is 3. The van der Waals surface area contributed by atoms with Crippen LogP contribution in [0.2, 0.25) is 0 Å². The minimum absolute atomic E-state index is 0.00383. The lowest BCUT2D eigenvalue weighted by Crippen LogP contribution is -2.46. The number of nitrogens with one attached hydrogen (secondary N) is 1. The van der Waals surface area contributed by atoms with Crippen LogP contribution in [-0.2, 0) is 16.7 Å². The monoisotopic (exact) mass is 389 g/mol. The number of hydrogen-bond acceptors (Lipinski definition) is 6. The van der Waals surface area contributed by atoms with E-state index in [2.05, 4.69) is 41.9 Å². The van der Waals surface area contributed by atoms with Crippen molar-refractivity contribution in [2.24, 2.45) is 0 Å². The van der Waals surface area contributed by atoms with Gasteiger partial charge in [0.15, 0.2) is 11.5 Å². The third-order valence-corrected chi connectivity index (χ3v) is 5.16. The number of H-pyrrole nitrogens is 1. The van der Waals surface area contributed by atoms with Crippen molar-refractivity contribution < 1.29 is 19.3 Å². The summed E-state index contributed by atoms with van der Waals surface area (Å²) in [5, 5.41) is 17.6. The average Bonchev–Trinajstić information content (AvgIpc) is 3.16. The number of aliphatic hydroxyl groups is 1. The van der Waals surface area contributed by atoms with Gasteiger partial charge in [-0.2, -0.15) is 5.10 Å². The Labute approximate surface area is 166 Å². The Morgan fingerprint density at radius 2 is 1.96 bits per heavy atom. The first-order valence-electron chi connectivity index (χ1n) is 9.60. The summed E-state index contributed by atoms with van der Waals surface area (Å²) < 4.78 is 16.7. The summed E-state index contributed by atoms with van der Waals surface area (Å²) in [5.41, 5.74) is 3.11. The van der Waals surface area contributed by atoms with Gasteiger partial charge in [0.2, 0.25) is 0 Å². The quantitative estimate of drug-likeness (QED) is 0.791. The van der Waals surface area contributed by atoms with Crippen LogP contribution in [0.1, 0.15) is 43.8 Å². The zero-order valence-corrected chi connectivity index (χ0v) is 17.4. The Bertz CT molecular complexity index is 784. The minimum atomic E-state index is -0.308. The highest BCUT2D eigenvalue weighted by Gasteiger charge is 2.34. The van der Waals surface area contributed by atoms with Crippen molar-refractivity contribution in [1.82, 2.24) is 15.1 Å². The summed E-state index contributed by atoms with van der Waals surface area (Å²) >= 11 is 0. The molecule has 1 fully saturated rings. The number of nitrogens with zero attached hydrogens (tertiary/aromatic N) is 2. The van der Waals surface area contributed by atoms with Crippen LogP contribution in [0.5, 0.6) is 11.5 Å². The van der Waals surface area contributed by atoms with E-state index >= 15 is 0 Å². The van der Waals surface area contributed by atoms with Gasteiger partial charge in [-0.1, -0.05) is 26.8 Å². The van der Waals surface area contributed by atoms with Crippen LogP contribution in [0.3, 0.4) is 0 Å². The van der Waals surface area contributed by atoms with E-state index < -0.39 is 0 Å². The predicted molar refractivity (Wildman–Crippen MR) is 107 cm³/mol. The zero-order chi connectivity index (χ0) is 20.3.